The molecule has 0 radical (unpaired) electrons. The molecule has 0 amide bonds. The van der Waals surface area contributed by atoms with Crippen LogP contribution in [0.4, 0.5) is 0 Å². The van der Waals surface area contributed by atoms with Crippen LogP contribution in [0.1, 0.15) is 32.1 Å². The molecule has 0 spiro atoms. The Bertz CT molecular complexity index is 1030. The fourth-order valence-corrected chi connectivity index (χ4v) is 2.08. The number of nitriles is 6. The summed E-state index contributed by atoms with van der Waals surface area (Å²) in [6, 6.07) is 10.7. The number of halogens is 5. The second-order valence-corrected chi connectivity index (χ2v) is 10.5. The smallest absolute Gasteiger partial charge is 0.241 e. The number of hydrogen-bond donors (Lipinski definition) is 6. The third-order valence-corrected chi connectivity index (χ3v) is 5.87. The lowest BCUT2D eigenvalue weighted by atomic mass is 10.3. The van der Waals surface area contributed by atoms with Gasteiger partial charge < -0.3 is 61.0 Å². The molecule has 2 saturated heterocycles. The highest BCUT2D eigenvalue weighted by molar-refractivity contribution is 6.21. The summed E-state index contributed by atoms with van der Waals surface area (Å²) < 4.78 is 9.45. The summed E-state index contributed by atoms with van der Waals surface area (Å²) in [6.07, 6.45) is 0.395. The van der Waals surface area contributed by atoms with Gasteiger partial charge in [0.05, 0.1) is 125 Å². The number of alkyl halides is 5. The van der Waals surface area contributed by atoms with Crippen LogP contribution in [0.5, 0.6) is 0 Å². The van der Waals surface area contributed by atoms with Gasteiger partial charge in [-0.1, -0.05) is 6.10 Å². The van der Waals surface area contributed by atoms with Crippen LogP contribution >= 0.6 is 58.0 Å². The van der Waals surface area contributed by atoms with Crippen LogP contribution in [0.3, 0.4) is 0 Å². The molecule has 18 nitrogen and oxygen atoms in total. The van der Waals surface area contributed by atoms with Crippen LogP contribution in [-0.4, -0.2) is 147 Å². The zero-order valence-corrected chi connectivity index (χ0v) is 33.0. The molecule has 0 saturated carbocycles. The van der Waals surface area contributed by atoms with Crippen molar-refractivity contribution in [2.24, 2.45) is 0 Å². The number of ether oxygens (including phenoxy) is 2. The Hall–Kier alpha value is -2.82. The molecule has 310 valence electrons. The van der Waals surface area contributed by atoms with E-state index in [-0.39, 0.29) is 86.0 Å². The predicted molar refractivity (Wildman–Crippen MR) is 198 cm³/mol. The van der Waals surface area contributed by atoms with Gasteiger partial charge in [-0.15, -0.1) is 58.0 Å². The van der Waals surface area contributed by atoms with Gasteiger partial charge in [-0.2, -0.15) is 31.6 Å². The largest absolute Gasteiger partial charge is 0.870 e. The van der Waals surface area contributed by atoms with Gasteiger partial charge in [0.15, 0.2) is 0 Å². The third-order valence-electron chi connectivity index (χ3n) is 4.11. The fraction of sp³-hybridized carbons (Fsp3) is 0.710. The lowest BCUT2D eigenvalue weighted by molar-refractivity contribution is -0.410. The number of rotatable bonds is 13. The molecular formula is C31H48Cl5N7O11-2. The fourth-order valence-electron chi connectivity index (χ4n) is 1.35. The van der Waals surface area contributed by atoms with Crippen LogP contribution in [0.2, 0.25) is 0 Å². The molecule has 0 bridgehead atoms. The molecule has 54 heavy (non-hydrogen) atoms. The summed E-state index contributed by atoms with van der Waals surface area (Å²) in [4.78, 5) is 2.90. The van der Waals surface area contributed by atoms with Gasteiger partial charge in [0.2, 0.25) is 6.54 Å². The first-order chi connectivity index (χ1) is 24.8. The monoisotopic (exact) mass is 869 g/mol. The van der Waals surface area contributed by atoms with Crippen molar-refractivity contribution in [3.8, 4) is 36.4 Å². The van der Waals surface area contributed by atoms with Crippen LogP contribution in [0.15, 0.2) is 12.2 Å². The minimum atomic E-state index is -0.897. The van der Waals surface area contributed by atoms with E-state index >= 15 is 0 Å². The van der Waals surface area contributed by atoms with Gasteiger partial charge in [-0.25, -0.2) is 6.57 Å². The van der Waals surface area contributed by atoms with E-state index in [0.29, 0.717) is 18.4 Å². The second-order valence-electron chi connectivity index (χ2n) is 8.97. The molecule has 2 fully saturated rings. The quantitative estimate of drug-likeness (QED) is 0.0639. The summed E-state index contributed by atoms with van der Waals surface area (Å²) in [5.74, 6) is 1.30. The number of allylic oxidation sites excluding steroid dienone is 1. The number of nitrogens with zero attached hydrogens (tertiary/aromatic N) is 7. The Morgan fingerprint density at radius 3 is 1.28 bits per heavy atom. The summed E-state index contributed by atoms with van der Waals surface area (Å²) in [7, 11) is 0. The van der Waals surface area contributed by atoms with E-state index in [1.807, 2.05) is 6.07 Å². The number of epoxide rings is 2. The molecule has 2 heterocycles. The Labute approximate surface area is 341 Å². The minimum Gasteiger partial charge on any atom is -0.870 e. The Balaban J connectivity index is -0.0000000744. The molecule has 23 heteroatoms. The van der Waals surface area contributed by atoms with Crippen LogP contribution in [0.25, 0.3) is 4.85 Å². The van der Waals surface area contributed by atoms with Crippen LogP contribution in [0, 0.1) is 74.6 Å². The molecule has 6 unspecified atom stereocenters. The van der Waals surface area contributed by atoms with Crippen molar-refractivity contribution in [3.05, 3.63) is 23.6 Å². The highest BCUT2D eigenvalue weighted by Crippen LogP contribution is 2.11. The highest BCUT2D eigenvalue weighted by Gasteiger charge is 2.21. The summed E-state index contributed by atoms with van der Waals surface area (Å²) >= 11 is 25.7. The van der Waals surface area contributed by atoms with Gasteiger partial charge in [-0.3, -0.25) is 0 Å². The second kappa shape index (κ2) is 62.2. The number of aliphatic hydroxyl groups excluding tert-OH is 6. The standard InChI is InChI=1S/C5H6N2O.C4H6ClNO.C4H5ClNO.C4H7NO2.2C4H5NO.C3H6Cl2O.C3H5ClO.2H2O/c1-7-4-5(8)2-3-6;2*5-3-4(7)1-2-6;5-2-1-4(7)3-6;5-2-1-4-3-6-4;5-3-1-2-4-6;4-1-3(6)2-5;4-1-3-2-5-3;;/h5,8H,2,4H2;4,7H,1,3H2;4H,1,3H2;4,6-7H,1,3H2;4H,1,3H2;1-2,6H,4H2;3,6H,1-2H2;3H,1-2H2;2*1H2/q;;-1;;;;;;;/p-1/b;;;;;2-1+;;;;. The van der Waals surface area contributed by atoms with Crippen molar-refractivity contribution in [2.75, 3.05) is 62.4 Å². The maximum absolute atomic E-state index is 10.1. The average molecular weight is 872 g/mol. The minimum absolute atomic E-state index is 0. The van der Waals surface area contributed by atoms with E-state index in [2.05, 4.69) is 4.85 Å². The van der Waals surface area contributed by atoms with E-state index in [9.17, 15) is 5.11 Å². The zero-order chi connectivity index (χ0) is 41.4. The van der Waals surface area contributed by atoms with Gasteiger partial charge in [-0.05, 0) is 6.08 Å². The van der Waals surface area contributed by atoms with Crippen molar-refractivity contribution in [2.45, 2.75) is 74.8 Å². The average Bonchev–Trinajstić information content (AvgIpc) is 4.09. The van der Waals surface area contributed by atoms with Crippen molar-refractivity contribution in [3.63, 3.8) is 0 Å². The van der Waals surface area contributed by atoms with E-state index in [4.69, 9.17) is 136 Å². The topological polar surface area (TPSA) is 378 Å². The molecule has 6 atom stereocenters. The summed E-state index contributed by atoms with van der Waals surface area (Å²) in [5.41, 5.74) is 0. The number of aliphatic hydroxyl groups is 6. The predicted octanol–water partition coefficient (Wildman–Crippen LogP) is 0.606. The van der Waals surface area contributed by atoms with E-state index in [0.717, 1.165) is 13.2 Å². The van der Waals surface area contributed by atoms with Gasteiger partial charge in [0, 0.05) is 36.0 Å². The molecule has 0 aliphatic carbocycles. The van der Waals surface area contributed by atoms with Crippen LogP contribution < -0.4 is 5.11 Å². The van der Waals surface area contributed by atoms with E-state index < -0.39 is 30.5 Å². The van der Waals surface area contributed by atoms with Crippen molar-refractivity contribution in [1.82, 2.24) is 0 Å². The Morgan fingerprint density at radius 2 is 1.13 bits per heavy atom. The number of hydrogen-bond acceptors (Lipinski definition) is 16. The molecular weight excluding hydrogens is 824 g/mol. The lowest BCUT2D eigenvalue weighted by Crippen LogP contribution is -2.25. The molecule has 2 rings (SSSR count). The maximum Gasteiger partial charge on any atom is 0.241 e. The lowest BCUT2D eigenvalue weighted by Gasteiger charge is -2.11. The van der Waals surface area contributed by atoms with E-state index in [1.54, 1.807) is 30.3 Å². The third kappa shape index (κ3) is 87.2. The van der Waals surface area contributed by atoms with Crippen molar-refractivity contribution in [1.29, 1.82) is 31.6 Å². The molecule has 2 aliphatic rings. The van der Waals surface area contributed by atoms with Crippen molar-refractivity contribution >= 4 is 58.0 Å². The van der Waals surface area contributed by atoms with Crippen molar-refractivity contribution < 1.29 is 56.2 Å². The van der Waals surface area contributed by atoms with Gasteiger partial charge in [0.25, 0.3) is 0 Å². The first-order valence-corrected chi connectivity index (χ1v) is 17.4. The molecule has 2 aliphatic heterocycles. The highest BCUT2D eigenvalue weighted by atomic mass is 35.5. The van der Waals surface area contributed by atoms with E-state index in [1.165, 1.54) is 12.2 Å². The molecule has 0 aromatic carbocycles. The molecule has 0 aromatic heterocycles. The Kier molecular flexibility index (Phi) is 79.6. The normalized spacial score (nSPS) is 15.1. The first kappa shape index (κ1) is 69.1. The van der Waals surface area contributed by atoms with Crippen LogP contribution in [-0.2, 0) is 9.47 Å². The molecule has 9 N–H and O–H groups in total. The molecule has 0 aromatic rings. The summed E-state index contributed by atoms with van der Waals surface area (Å²) in [5, 5.41) is 107. The summed E-state index contributed by atoms with van der Waals surface area (Å²) in [6.45, 7) is 7.61. The zero-order valence-electron chi connectivity index (χ0n) is 29.2. The van der Waals surface area contributed by atoms with Gasteiger partial charge >= 0.3 is 0 Å². The maximum atomic E-state index is 10.1. The van der Waals surface area contributed by atoms with Gasteiger partial charge in [0.1, 0.15) is 6.10 Å². The Morgan fingerprint density at radius 1 is 0.704 bits per heavy atom. The SMILES string of the molecule is ClCC1CO1.N#C/C=C/CO.N#CCC(O)CCl.N#CCC(O)CO.N#CCC([O-])CCl.N#CCC1CO1.O.OC(CCl)CCl.[C-]#[N+]CC(O)CC#N.[OH-]. The first-order valence-electron chi connectivity index (χ1n) is 14.7.